The Balaban J connectivity index is 2.05. The van der Waals surface area contributed by atoms with E-state index in [1.54, 1.807) is 10.6 Å². The van der Waals surface area contributed by atoms with Crippen LogP contribution in [-0.4, -0.2) is 44.2 Å². The molecule has 10 heteroatoms. The Bertz CT molecular complexity index is 381. The van der Waals surface area contributed by atoms with Gasteiger partial charge in [-0.1, -0.05) is 0 Å². The zero-order valence-electron chi connectivity index (χ0n) is 8.13. The molecular weight excluding hydrogens is 234 g/mol. The molecule has 0 fully saturated rings. The maximum atomic E-state index is 10.6. The van der Waals surface area contributed by atoms with Crippen LogP contribution in [0.2, 0.25) is 0 Å². The topological polar surface area (TPSA) is 104 Å². The fraction of sp³-hybridized carbons (Fsp3) is 0.333. The first-order valence-electron chi connectivity index (χ1n) is 4.38. The molecule has 0 atom stereocenters. The third-order valence-corrected chi connectivity index (χ3v) is 2.62. The first-order chi connectivity index (χ1) is 7.72. The molecular formula is C6H9N7O2S. The Morgan fingerprint density at radius 1 is 1.56 bits per heavy atom. The van der Waals surface area contributed by atoms with Crippen LogP contribution in [0, 0.1) is 10.1 Å². The zero-order valence-corrected chi connectivity index (χ0v) is 8.95. The van der Waals surface area contributed by atoms with Crippen molar-refractivity contribution in [3.63, 3.8) is 0 Å². The molecule has 0 aromatic rings. The van der Waals surface area contributed by atoms with Crippen molar-refractivity contribution in [3.05, 3.63) is 22.5 Å². The van der Waals surface area contributed by atoms with Crippen LogP contribution in [-0.2, 0) is 0 Å². The van der Waals surface area contributed by atoms with Gasteiger partial charge < -0.3 is 5.73 Å². The molecule has 0 spiro atoms. The van der Waals surface area contributed by atoms with Crippen LogP contribution in [0.5, 0.6) is 0 Å². The molecule has 2 rings (SSSR count). The van der Waals surface area contributed by atoms with Crippen molar-refractivity contribution in [2.24, 2.45) is 15.8 Å². The van der Waals surface area contributed by atoms with E-state index in [0.29, 0.717) is 12.3 Å². The smallest absolute Gasteiger partial charge is 0.273 e. The van der Waals surface area contributed by atoms with Crippen LogP contribution < -0.4 is 5.73 Å². The number of aliphatic imine (C=N–C) groups is 1. The highest BCUT2D eigenvalue weighted by atomic mass is 32.2. The zero-order chi connectivity index (χ0) is 11.5. The standard InChI is InChI=1S/C6H9N7O2S/c7-1-4-16-11-3-2-10-6(9-11)8-5-12(10)13(14)15/h2-3,5H,1,4,7H2. The second-order valence-electron chi connectivity index (χ2n) is 2.77. The highest BCUT2D eigenvalue weighted by molar-refractivity contribution is 7.97. The van der Waals surface area contributed by atoms with E-state index in [0.717, 1.165) is 11.5 Å². The molecule has 0 aliphatic carbocycles. The van der Waals surface area contributed by atoms with Crippen molar-refractivity contribution >= 4 is 24.2 Å². The van der Waals surface area contributed by atoms with Gasteiger partial charge in [0, 0.05) is 17.4 Å². The molecule has 0 saturated heterocycles. The lowest BCUT2D eigenvalue weighted by molar-refractivity contribution is -0.657. The molecule has 0 radical (unpaired) electrons. The van der Waals surface area contributed by atoms with Gasteiger partial charge in [-0.05, 0) is 11.9 Å². The average molecular weight is 243 g/mol. The normalized spacial score (nSPS) is 17.8. The number of hydrogen-bond donors (Lipinski definition) is 1. The second kappa shape index (κ2) is 4.37. The van der Waals surface area contributed by atoms with Crippen LogP contribution >= 0.6 is 11.9 Å². The number of nitrogens with two attached hydrogens (primary N) is 1. The number of hydrogen-bond acceptors (Lipinski definition) is 8. The predicted octanol–water partition coefficient (Wildman–Crippen LogP) is -0.596. The third kappa shape index (κ3) is 1.92. The van der Waals surface area contributed by atoms with Gasteiger partial charge in [0.05, 0.1) is 12.4 Å². The molecule has 2 aliphatic heterocycles. The maximum Gasteiger partial charge on any atom is 0.273 e. The van der Waals surface area contributed by atoms with Gasteiger partial charge in [-0.2, -0.15) is 10.0 Å². The summed E-state index contributed by atoms with van der Waals surface area (Å²) in [6.07, 6.45) is 4.22. The molecule has 2 N–H and O–H groups in total. The summed E-state index contributed by atoms with van der Waals surface area (Å²) in [5.74, 6) is 0.966. The fourth-order valence-corrected chi connectivity index (χ4v) is 1.66. The van der Waals surface area contributed by atoms with E-state index in [-0.39, 0.29) is 5.96 Å². The molecule has 0 aromatic carbocycles. The summed E-state index contributed by atoms with van der Waals surface area (Å²) < 4.78 is 1.57. The van der Waals surface area contributed by atoms with E-state index in [4.69, 9.17) is 5.73 Å². The Kier molecular flexibility index (Phi) is 2.92. The molecule has 86 valence electrons. The summed E-state index contributed by atoms with van der Waals surface area (Å²) in [7, 11) is 0. The average Bonchev–Trinajstić information content (AvgIpc) is 2.69. The van der Waals surface area contributed by atoms with E-state index in [2.05, 4.69) is 10.1 Å². The minimum absolute atomic E-state index is 0.253. The quantitative estimate of drug-likeness (QED) is 0.399. The van der Waals surface area contributed by atoms with Crippen LogP contribution in [0.1, 0.15) is 0 Å². The van der Waals surface area contributed by atoms with Crippen molar-refractivity contribution in [1.29, 1.82) is 0 Å². The summed E-state index contributed by atoms with van der Waals surface area (Å²) in [4.78, 5) is 14.4. The number of nitrogens with zero attached hydrogens (tertiary/aromatic N) is 6. The number of fused-ring (bicyclic) bond motifs is 1. The first kappa shape index (κ1) is 10.7. The number of hydrazone groups is 1. The minimum atomic E-state index is -0.584. The van der Waals surface area contributed by atoms with E-state index >= 15 is 0 Å². The number of nitro groups is 1. The van der Waals surface area contributed by atoms with Crippen molar-refractivity contribution in [1.82, 2.24) is 14.5 Å². The van der Waals surface area contributed by atoms with Crippen LogP contribution in [0.15, 0.2) is 22.5 Å². The number of hydrazine groups is 2. The summed E-state index contributed by atoms with van der Waals surface area (Å²) in [5, 5.41) is 16.1. The third-order valence-electron chi connectivity index (χ3n) is 1.73. The highest BCUT2D eigenvalue weighted by Gasteiger charge is 2.32. The monoisotopic (exact) mass is 243 g/mol. The lowest BCUT2D eigenvalue weighted by Gasteiger charge is -2.22. The highest BCUT2D eigenvalue weighted by Crippen LogP contribution is 2.19. The van der Waals surface area contributed by atoms with Gasteiger partial charge in [-0.3, -0.25) is 0 Å². The first-order valence-corrected chi connectivity index (χ1v) is 5.32. The number of rotatable bonds is 4. The Labute approximate surface area is 95.1 Å². The Morgan fingerprint density at radius 2 is 2.38 bits per heavy atom. The van der Waals surface area contributed by atoms with Crippen molar-refractivity contribution in [2.75, 3.05) is 12.3 Å². The molecule has 2 heterocycles. The van der Waals surface area contributed by atoms with E-state index in [1.165, 1.54) is 23.2 Å². The molecule has 9 nitrogen and oxygen atoms in total. The van der Waals surface area contributed by atoms with Gasteiger partial charge in [0.2, 0.25) is 0 Å². The largest absolute Gasteiger partial charge is 0.330 e. The van der Waals surface area contributed by atoms with Gasteiger partial charge >= 0.3 is 0 Å². The Hall–Kier alpha value is -1.81. The van der Waals surface area contributed by atoms with Crippen LogP contribution in [0.4, 0.5) is 0 Å². The van der Waals surface area contributed by atoms with Crippen LogP contribution in [0.25, 0.3) is 0 Å². The number of guanidine groups is 1. The Morgan fingerprint density at radius 3 is 3.06 bits per heavy atom. The molecule has 0 aromatic heterocycles. The second-order valence-corrected chi connectivity index (χ2v) is 3.81. The summed E-state index contributed by atoms with van der Waals surface area (Å²) >= 11 is 1.40. The summed E-state index contributed by atoms with van der Waals surface area (Å²) in [5.41, 5.74) is 5.36. The van der Waals surface area contributed by atoms with Crippen LogP contribution in [0.3, 0.4) is 0 Å². The van der Waals surface area contributed by atoms with Crippen molar-refractivity contribution in [3.8, 4) is 0 Å². The van der Waals surface area contributed by atoms with E-state index in [9.17, 15) is 10.1 Å². The summed E-state index contributed by atoms with van der Waals surface area (Å²) in [6.45, 7) is 0.536. The van der Waals surface area contributed by atoms with Gasteiger partial charge in [-0.25, -0.2) is 14.5 Å². The molecule has 16 heavy (non-hydrogen) atoms. The lowest BCUT2D eigenvalue weighted by Crippen LogP contribution is -2.41. The van der Waals surface area contributed by atoms with E-state index in [1.807, 2.05) is 0 Å². The fourth-order valence-electron chi connectivity index (χ4n) is 1.10. The maximum absolute atomic E-state index is 10.6. The van der Waals surface area contributed by atoms with Gasteiger partial charge in [0.1, 0.15) is 0 Å². The van der Waals surface area contributed by atoms with Gasteiger partial charge in [-0.15, -0.1) is 5.10 Å². The molecule has 0 saturated carbocycles. The van der Waals surface area contributed by atoms with Gasteiger partial charge in [0.25, 0.3) is 5.96 Å². The van der Waals surface area contributed by atoms with Crippen molar-refractivity contribution in [2.45, 2.75) is 0 Å². The van der Waals surface area contributed by atoms with Crippen molar-refractivity contribution < 1.29 is 5.03 Å². The van der Waals surface area contributed by atoms with Gasteiger partial charge in [0.15, 0.2) is 11.4 Å². The SMILES string of the molecule is NCCSN1C=CN2C(=N1)N=CN2[N+](=O)[O-]. The summed E-state index contributed by atoms with van der Waals surface area (Å²) in [6, 6.07) is 0. The lowest BCUT2D eigenvalue weighted by atomic mass is 10.8. The molecule has 0 amide bonds. The van der Waals surface area contributed by atoms with E-state index < -0.39 is 5.03 Å². The molecule has 0 bridgehead atoms. The predicted molar refractivity (Wildman–Crippen MR) is 59.1 cm³/mol. The molecule has 0 unspecified atom stereocenters. The minimum Gasteiger partial charge on any atom is -0.330 e. The molecule has 2 aliphatic rings.